The maximum atomic E-state index is 12.7. The number of nitrogens with zero attached hydrogens (tertiary/aromatic N) is 1. The fourth-order valence-electron chi connectivity index (χ4n) is 4.01. The van der Waals surface area contributed by atoms with Crippen LogP contribution in [0.25, 0.3) is 11.1 Å². The van der Waals surface area contributed by atoms with Crippen molar-refractivity contribution in [2.24, 2.45) is 11.3 Å². The normalized spacial score (nSPS) is 25.2. The highest BCUT2D eigenvalue weighted by Crippen LogP contribution is 2.40. The summed E-state index contributed by atoms with van der Waals surface area (Å²) in [7, 11) is 0. The molecule has 25 heavy (non-hydrogen) atoms. The Morgan fingerprint density at radius 3 is 2.64 bits per heavy atom. The van der Waals surface area contributed by atoms with Crippen molar-refractivity contribution in [3.05, 3.63) is 60.2 Å². The predicted molar refractivity (Wildman–Crippen MR) is 93.7 cm³/mol. The highest BCUT2D eigenvalue weighted by molar-refractivity contribution is 5.92. The zero-order valence-corrected chi connectivity index (χ0v) is 13.8. The first-order valence-electron chi connectivity index (χ1n) is 8.47. The van der Waals surface area contributed by atoms with Crippen molar-refractivity contribution in [3.8, 4) is 11.1 Å². The molecule has 0 radical (unpaired) electrons. The number of carboxylic acid groups (broad SMARTS) is 1. The molecule has 2 saturated heterocycles. The van der Waals surface area contributed by atoms with Gasteiger partial charge in [0, 0.05) is 26.2 Å². The van der Waals surface area contributed by atoms with Crippen LogP contribution < -0.4 is 5.32 Å². The van der Waals surface area contributed by atoms with Gasteiger partial charge in [-0.2, -0.15) is 0 Å². The molecule has 0 saturated carbocycles. The van der Waals surface area contributed by atoms with E-state index in [-0.39, 0.29) is 12.5 Å². The Hall–Kier alpha value is -2.66. The van der Waals surface area contributed by atoms with Gasteiger partial charge in [0.2, 0.25) is 5.91 Å². The quantitative estimate of drug-likeness (QED) is 0.896. The molecular formula is C20H20N2O3. The van der Waals surface area contributed by atoms with Crippen molar-refractivity contribution in [1.82, 2.24) is 10.2 Å². The fourth-order valence-corrected chi connectivity index (χ4v) is 4.01. The van der Waals surface area contributed by atoms with E-state index >= 15 is 0 Å². The van der Waals surface area contributed by atoms with Gasteiger partial charge in [-0.15, -0.1) is 0 Å². The summed E-state index contributed by atoms with van der Waals surface area (Å²) >= 11 is 0. The van der Waals surface area contributed by atoms with Crippen LogP contribution in [0, 0.1) is 11.3 Å². The van der Waals surface area contributed by atoms with Gasteiger partial charge >= 0.3 is 5.97 Å². The van der Waals surface area contributed by atoms with E-state index in [0.717, 1.165) is 16.7 Å². The molecule has 2 atom stereocenters. The highest BCUT2D eigenvalue weighted by atomic mass is 16.4. The van der Waals surface area contributed by atoms with Gasteiger partial charge in [-0.05, 0) is 22.8 Å². The number of hydrogen-bond donors (Lipinski definition) is 2. The van der Waals surface area contributed by atoms with Crippen molar-refractivity contribution in [2.75, 3.05) is 19.6 Å². The molecule has 0 aromatic heterocycles. The standard InChI is InChI=1S/C20H20N2O3/c23-18-17-10-21-12-20(17,19(24)25)13-22(18)11-14-5-4-8-16(9-14)15-6-2-1-3-7-15/h1-9,17,21H,10-13H2,(H,24,25)/t17-,20-/m0/s1. The largest absolute Gasteiger partial charge is 0.481 e. The van der Waals surface area contributed by atoms with Crippen molar-refractivity contribution in [1.29, 1.82) is 0 Å². The summed E-state index contributed by atoms with van der Waals surface area (Å²) in [5.41, 5.74) is 2.26. The first-order valence-corrected chi connectivity index (χ1v) is 8.47. The molecule has 1 amide bonds. The number of amides is 1. The third kappa shape index (κ3) is 2.61. The van der Waals surface area contributed by atoms with Crippen LogP contribution in [0.1, 0.15) is 5.56 Å². The molecule has 0 aliphatic carbocycles. The van der Waals surface area contributed by atoms with Crippen molar-refractivity contribution < 1.29 is 14.7 Å². The number of nitrogens with one attached hydrogen (secondary N) is 1. The summed E-state index contributed by atoms with van der Waals surface area (Å²) in [6.45, 7) is 1.53. The Labute approximate surface area is 146 Å². The monoisotopic (exact) mass is 336 g/mol. The molecule has 2 N–H and O–H groups in total. The topological polar surface area (TPSA) is 69.6 Å². The van der Waals surface area contributed by atoms with E-state index in [1.165, 1.54) is 0 Å². The summed E-state index contributed by atoms with van der Waals surface area (Å²) in [4.78, 5) is 26.1. The number of carbonyl (C=O) groups excluding carboxylic acids is 1. The second-order valence-electron chi connectivity index (χ2n) is 6.91. The van der Waals surface area contributed by atoms with Crippen LogP contribution in [-0.2, 0) is 16.1 Å². The molecule has 2 heterocycles. The van der Waals surface area contributed by atoms with Crippen molar-refractivity contribution in [3.63, 3.8) is 0 Å². The van der Waals surface area contributed by atoms with Crippen LogP contribution in [0.3, 0.4) is 0 Å². The number of likely N-dealkylation sites (tertiary alicyclic amines) is 1. The van der Waals surface area contributed by atoms with E-state index in [1.54, 1.807) is 4.90 Å². The van der Waals surface area contributed by atoms with Gasteiger partial charge in [0.25, 0.3) is 0 Å². The number of benzene rings is 2. The smallest absolute Gasteiger partial charge is 0.313 e. The van der Waals surface area contributed by atoms with E-state index in [0.29, 0.717) is 19.6 Å². The minimum Gasteiger partial charge on any atom is -0.481 e. The molecule has 128 valence electrons. The van der Waals surface area contributed by atoms with Gasteiger partial charge in [-0.1, -0.05) is 48.5 Å². The number of aliphatic carboxylic acids is 1. The minimum absolute atomic E-state index is 0.0579. The SMILES string of the molecule is O=C1[C@@H]2CNC[C@]2(C(=O)O)CN1Cc1cccc(-c2ccccc2)c1. The lowest BCUT2D eigenvalue weighted by atomic mass is 9.81. The lowest BCUT2D eigenvalue weighted by molar-refractivity contribution is -0.149. The van der Waals surface area contributed by atoms with Crippen LogP contribution in [0.4, 0.5) is 0 Å². The van der Waals surface area contributed by atoms with Crippen molar-refractivity contribution in [2.45, 2.75) is 6.54 Å². The predicted octanol–water partition coefficient (Wildman–Crippen LogP) is 1.99. The highest BCUT2D eigenvalue weighted by Gasteiger charge is 2.59. The number of carboxylic acids is 1. The van der Waals surface area contributed by atoms with E-state index in [9.17, 15) is 14.7 Å². The number of carbonyl (C=O) groups is 2. The maximum Gasteiger partial charge on any atom is 0.313 e. The second-order valence-corrected chi connectivity index (χ2v) is 6.91. The van der Waals surface area contributed by atoms with Gasteiger partial charge in [-0.3, -0.25) is 9.59 Å². The Morgan fingerprint density at radius 2 is 1.92 bits per heavy atom. The minimum atomic E-state index is -0.978. The molecule has 0 unspecified atom stereocenters. The molecule has 5 nitrogen and oxygen atoms in total. The lowest BCUT2D eigenvalue weighted by Gasteiger charge is -2.22. The molecule has 2 aliphatic rings. The van der Waals surface area contributed by atoms with Crippen LogP contribution in [0.15, 0.2) is 54.6 Å². The van der Waals surface area contributed by atoms with Gasteiger partial charge in [0.15, 0.2) is 0 Å². The van der Waals surface area contributed by atoms with E-state index in [4.69, 9.17) is 0 Å². The van der Waals surface area contributed by atoms with Gasteiger partial charge in [0.05, 0.1) is 5.92 Å². The molecule has 2 aromatic rings. The summed E-state index contributed by atoms with van der Waals surface area (Å²) in [5, 5.41) is 12.7. The molecule has 2 aromatic carbocycles. The van der Waals surface area contributed by atoms with Crippen LogP contribution in [-0.4, -0.2) is 41.5 Å². The Morgan fingerprint density at radius 1 is 1.16 bits per heavy atom. The maximum absolute atomic E-state index is 12.7. The van der Waals surface area contributed by atoms with E-state index < -0.39 is 17.3 Å². The zero-order valence-electron chi connectivity index (χ0n) is 13.8. The Kier molecular flexibility index (Phi) is 3.81. The average molecular weight is 336 g/mol. The van der Waals surface area contributed by atoms with E-state index in [2.05, 4.69) is 23.5 Å². The molecular weight excluding hydrogens is 316 g/mol. The fraction of sp³-hybridized carbons (Fsp3) is 0.300. The summed E-state index contributed by atoms with van der Waals surface area (Å²) < 4.78 is 0. The lowest BCUT2D eigenvalue weighted by Crippen LogP contribution is -2.40. The summed E-state index contributed by atoms with van der Waals surface area (Å²) in [6, 6.07) is 18.2. The Bertz CT molecular complexity index is 821. The summed E-state index contributed by atoms with van der Waals surface area (Å²) in [5.74, 6) is -1.39. The zero-order chi connectivity index (χ0) is 17.4. The van der Waals surface area contributed by atoms with Gasteiger partial charge in [0.1, 0.15) is 5.41 Å². The molecule has 0 bridgehead atoms. The number of fused-ring (bicyclic) bond motifs is 1. The number of hydrogen-bond acceptors (Lipinski definition) is 3. The molecule has 5 heteroatoms. The second kappa shape index (κ2) is 6.01. The molecule has 4 rings (SSSR count). The first-order chi connectivity index (χ1) is 12.1. The van der Waals surface area contributed by atoms with E-state index in [1.807, 2.05) is 36.4 Å². The van der Waals surface area contributed by atoms with Gasteiger partial charge < -0.3 is 15.3 Å². The van der Waals surface area contributed by atoms with Crippen molar-refractivity contribution >= 4 is 11.9 Å². The summed E-state index contributed by atoms with van der Waals surface area (Å²) in [6.07, 6.45) is 0. The average Bonchev–Trinajstić information content (AvgIpc) is 3.16. The first kappa shape index (κ1) is 15.8. The Balaban J connectivity index is 1.57. The molecule has 0 spiro atoms. The van der Waals surface area contributed by atoms with Crippen LogP contribution in [0.2, 0.25) is 0 Å². The van der Waals surface area contributed by atoms with Gasteiger partial charge in [-0.25, -0.2) is 0 Å². The number of rotatable bonds is 4. The van der Waals surface area contributed by atoms with Crippen LogP contribution in [0.5, 0.6) is 0 Å². The molecule has 2 fully saturated rings. The third-order valence-corrected chi connectivity index (χ3v) is 5.37. The third-order valence-electron chi connectivity index (χ3n) is 5.37. The molecule has 2 aliphatic heterocycles. The van der Waals surface area contributed by atoms with Crippen LogP contribution >= 0.6 is 0 Å².